The first-order chi connectivity index (χ1) is 15.5. The molecule has 0 heterocycles. The largest absolute Gasteiger partial charge is 0.413 e. The van der Waals surface area contributed by atoms with Gasteiger partial charge in [-0.05, 0) is 61.4 Å². The van der Waals surface area contributed by atoms with Crippen LogP contribution in [-0.2, 0) is 13.6 Å². The van der Waals surface area contributed by atoms with E-state index in [-0.39, 0.29) is 34.1 Å². The standard InChI is InChI=1S/C29H54O3Si2/c1-12-16-23-24(27(21-25(23)30)32-34(10,11)29(5,6)7)19-20-26(22-17-14-13-15-18-22)31-33(8,9)28(2,3)4/h12,19-20,22-24,26-27H,1,13-18,21H2,2-11H3/t23-,24+,26-,27-/m1/s1. The maximum absolute atomic E-state index is 13.1. The number of ketones is 1. The summed E-state index contributed by atoms with van der Waals surface area (Å²) in [6.45, 7) is 27.0. The molecule has 4 atom stereocenters. The van der Waals surface area contributed by atoms with Crippen LogP contribution in [0.25, 0.3) is 0 Å². The Morgan fingerprint density at radius 2 is 1.53 bits per heavy atom. The topological polar surface area (TPSA) is 35.5 Å². The summed E-state index contributed by atoms with van der Waals surface area (Å²) >= 11 is 0. The van der Waals surface area contributed by atoms with Crippen molar-refractivity contribution >= 4 is 22.4 Å². The molecule has 0 aromatic rings. The molecule has 0 bridgehead atoms. The summed E-state index contributed by atoms with van der Waals surface area (Å²) in [5.41, 5.74) is 0. The predicted octanol–water partition coefficient (Wildman–Crippen LogP) is 8.69. The van der Waals surface area contributed by atoms with Crippen molar-refractivity contribution in [3.05, 3.63) is 24.8 Å². The van der Waals surface area contributed by atoms with Gasteiger partial charge in [-0.3, -0.25) is 4.79 Å². The molecule has 0 radical (unpaired) electrons. The van der Waals surface area contributed by atoms with Crippen LogP contribution in [0.1, 0.15) is 86.5 Å². The number of hydrogen-bond acceptors (Lipinski definition) is 3. The van der Waals surface area contributed by atoms with Gasteiger partial charge in [-0.2, -0.15) is 0 Å². The first-order valence-corrected chi connectivity index (χ1v) is 19.5. The van der Waals surface area contributed by atoms with E-state index in [4.69, 9.17) is 8.85 Å². The van der Waals surface area contributed by atoms with E-state index in [1.165, 1.54) is 32.1 Å². The molecule has 2 rings (SSSR count). The second-order valence-corrected chi connectivity index (χ2v) is 23.4. The molecule has 0 amide bonds. The fourth-order valence-electron chi connectivity index (χ4n) is 4.87. The molecule has 0 unspecified atom stereocenters. The highest BCUT2D eigenvalue weighted by atomic mass is 28.4. The number of rotatable bonds is 9. The van der Waals surface area contributed by atoms with Gasteiger partial charge in [-0.1, -0.05) is 79.0 Å². The zero-order valence-electron chi connectivity index (χ0n) is 24.0. The molecule has 0 aromatic carbocycles. The lowest BCUT2D eigenvalue weighted by Gasteiger charge is -2.42. The first kappa shape index (κ1) is 29.7. The third kappa shape index (κ3) is 7.27. The van der Waals surface area contributed by atoms with E-state index in [0.29, 0.717) is 18.1 Å². The average molecular weight is 507 g/mol. The van der Waals surface area contributed by atoms with Crippen LogP contribution in [0, 0.1) is 17.8 Å². The van der Waals surface area contributed by atoms with Crippen molar-refractivity contribution < 1.29 is 13.6 Å². The maximum Gasteiger partial charge on any atom is 0.192 e. The monoisotopic (exact) mass is 506 g/mol. The minimum Gasteiger partial charge on any atom is -0.413 e. The summed E-state index contributed by atoms with van der Waals surface area (Å²) in [5, 5.41) is 0.299. The maximum atomic E-state index is 13.1. The molecule has 0 spiro atoms. The Morgan fingerprint density at radius 1 is 0.971 bits per heavy atom. The Labute approximate surface area is 213 Å². The lowest BCUT2D eigenvalue weighted by atomic mass is 9.84. The highest BCUT2D eigenvalue weighted by Gasteiger charge is 2.47. The Balaban J connectivity index is 2.36. The highest BCUT2D eigenvalue weighted by Crippen LogP contribution is 2.44. The third-order valence-corrected chi connectivity index (χ3v) is 18.2. The minimum atomic E-state index is -1.98. The van der Waals surface area contributed by atoms with Gasteiger partial charge in [0.05, 0.1) is 12.2 Å². The van der Waals surface area contributed by atoms with Gasteiger partial charge in [-0.25, -0.2) is 0 Å². The molecule has 196 valence electrons. The van der Waals surface area contributed by atoms with E-state index < -0.39 is 16.6 Å². The summed E-state index contributed by atoms with van der Waals surface area (Å²) in [6, 6.07) is 0. The molecule has 2 fully saturated rings. The van der Waals surface area contributed by atoms with Crippen molar-refractivity contribution in [1.82, 2.24) is 0 Å². The zero-order chi connectivity index (χ0) is 25.9. The Hall–Kier alpha value is -0.496. The second-order valence-electron chi connectivity index (χ2n) is 13.9. The average Bonchev–Trinajstić information content (AvgIpc) is 2.98. The van der Waals surface area contributed by atoms with Crippen LogP contribution in [0.2, 0.25) is 36.3 Å². The van der Waals surface area contributed by atoms with Crippen LogP contribution in [0.3, 0.4) is 0 Å². The quantitative estimate of drug-likeness (QED) is 0.232. The van der Waals surface area contributed by atoms with Gasteiger partial charge in [0, 0.05) is 18.3 Å². The molecule has 2 aliphatic rings. The number of Topliss-reactive ketones (excluding diaryl/α,β-unsaturated/α-hetero) is 1. The SMILES string of the molecule is C=CC[C@H]1C(=O)C[C@@H](O[Si](C)(C)C(C)(C)C)[C@H]1C=C[C@@H](O[Si](C)(C)C(C)(C)C)C1CCCCC1. The van der Waals surface area contributed by atoms with E-state index in [0.717, 1.165) is 6.42 Å². The van der Waals surface area contributed by atoms with Crippen LogP contribution in [-0.4, -0.2) is 34.6 Å². The summed E-state index contributed by atoms with van der Waals surface area (Å²) in [6.07, 6.45) is 14.4. The number of carbonyl (C=O) groups is 1. The lowest BCUT2D eigenvalue weighted by molar-refractivity contribution is -0.121. The molecule has 0 aliphatic heterocycles. The first-order valence-electron chi connectivity index (χ1n) is 13.7. The van der Waals surface area contributed by atoms with Crippen LogP contribution < -0.4 is 0 Å². The van der Waals surface area contributed by atoms with Crippen molar-refractivity contribution in [3.8, 4) is 0 Å². The van der Waals surface area contributed by atoms with Crippen LogP contribution >= 0.6 is 0 Å². The molecule has 2 aliphatic carbocycles. The molecule has 5 heteroatoms. The van der Waals surface area contributed by atoms with Gasteiger partial charge in [0.15, 0.2) is 16.6 Å². The van der Waals surface area contributed by atoms with Gasteiger partial charge in [0.2, 0.25) is 0 Å². The molecule has 0 N–H and O–H groups in total. The van der Waals surface area contributed by atoms with Gasteiger partial charge in [0.25, 0.3) is 0 Å². The zero-order valence-corrected chi connectivity index (χ0v) is 26.0. The van der Waals surface area contributed by atoms with Crippen molar-refractivity contribution in [2.75, 3.05) is 0 Å². The molecule has 2 saturated carbocycles. The highest BCUT2D eigenvalue weighted by molar-refractivity contribution is 6.74. The van der Waals surface area contributed by atoms with Crippen LogP contribution in [0.5, 0.6) is 0 Å². The van der Waals surface area contributed by atoms with E-state index in [9.17, 15) is 4.79 Å². The minimum absolute atomic E-state index is 0.0246. The number of hydrogen-bond donors (Lipinski definition) is 0. The number of allylic oxidation sites excluding steroid dienone is 1. The predicted molar refractivity (Wildman–Crippen MR) is 151 cm³/mol. The summed E-state index contributed by atoms with van der Waals surface area (Å²) in [5.74, 6) is 0.990. The molecule has 0 aromatic heterocycles. The summed E-state index contributed by atoms with van der Waals surface area (Å²) in [7, 11) is -3.89. The van der Waals surface area contributed by atoms with Crippen LogP contribution in [0.4, 0.5) is 0 Å². The normalized spacial score (nSPS) is 26.9. The Morgan fingerprint density at radius 3 is 2.03 bits per heavy atom. The van der Waals surface area contributed by atoms with E-state index >= 15 is 0 Å². The van der Waals surface area contributed by atoms with Crippen molar-refractivity contribution in [1.29, 1.82) is 0 Å². The second kappa shape index (κ2) is 11.3. The molecular formula is C29H54O3Si2. The molecule has 0 saturated heterocycles. The van der Waals surface area contributed by atoms with Crippen molar-refractivity contribution in [3.63, 3.8) is 0 Å². The van der Waals surface area contributed by atoms with E-state index in [1.807, 2.05) is 6.08 Å². The van der Waals surface area contributed by atoms with Crippen LogP contribution in [0.15, 0.2) is 24.8 Å². The Bertz CT molecular complexity index is 721. The fourth-order valence-corrected chi connectivity index (χ4v) is 7.53. The number of carbonyl (C=O) groups excluding carboxylic acids is 1. The summed E-state index contributed by atoms with van der Waals surface area (Å²) in [4.78, 5) is 13.1. The molecule has 34 heavy (non-hydrogen) atoms. The fraction of sp³-hybridized carbons (Fsp3) is 0.828. The van der Waals surface area contributed by atoms with Gasteiger partial charge in [-0.15, -0.1) is 6.58 Å². The smallest absolute Gasteiger partial charge is 0.192 e. The van der Waals surface area contributed by atoms with Crippen molar-refractivity contribution in [2.45, 2.75) is 135 Å². The molecular weight excluding hydrogens is 452 g/mol. The van der Waals surface area contributed by atoms with Crippen molar-refractivity contribution in [2.24, 2.45) is 17.8 Å². The van der Waals surface area contributed by atoms with E-state index in [2.05, 4.69) is 86.5 Å². The van der Waals surface area contributed by atoms with Gasteiger partial charge in [0.1, 0.15) is 5.78 Å². The molecule has 3 nitrogen and oxygen atoms in total. The third-order valence-electron chi connectivity index (χ3n) is 9.26. The Kier molecular flexibility index (Phi) is 9.85. The summed E-state index contributed by atoms with van der Waals surface area (Å²) < 4.78 is 13.9. The van der Waals surface area contributed by atoms with Gasteiger partial charge >= 0.3 is 0 Å². The lowest BCUT2D eigenvalue weighted by Crippen LogP contribution is -2.46. The van der Waals surface area contributed by atoms with Gasteiger partial charge < -0.3 is 8.85 Å². The van der Waals surface area contributed by atoms with E-state index in [1.54, 1.807) is 0 Å².